The molecule has 1 aromatic heterocycles. The van der Waals surface area contributed by atoms with Crippen molar-refractivity contribution < 1.29 is 29.4 Å². The van der Waals surface area contributed by atoms with Crippen LogP contribution < -0.4 is 21.1 Å². The summed E-state index contributed by atoms with van der Waals surface area (Å²) in [6.07, 6.45) is 5.11. The number of terminal acetylenes is 1. The van der Waals surface area contributed by atoms with E-state index in [0.717, 1.165) is 11.1 Å². The van der Waals surface area contributed by atoms with E-state index in [-0.39, 0.29) is 36.9 Å². The van der Waals surface area contributed by atoms with Crippen molar-refractivity contribution in [1.82, 2.24) is 20.6 Å². The summed E-state index contributed by atoms with van der Waals surface area (Å²) in [5.41, 5.74) is 2.77. The van der Waals surface area contributed by atoms with Gasteiger partial charge in [-0.3, -0.25) is 14.4 Å². The monoisotopic (exact) mass is 623 g/mol. The maximum absolute atomic E-state index is 12.9. The number of carbonyl (C=O) groups excluding carboxylic acids is 2. The van der Waals surface area contributed by atoms with Crippen LogP contribution in [0.15, 0.2) is 77.6 Å². The number of aromatic amines is 1. The lowest BCUT2D eigenvalue weighted by molar-refractivity contribution is -0.142. The van der Waals surface area contributed by atoms with Crippen LogP contribution in [-0.2, 0) is 27.3 Å². The van der Waals surface area contributed by atoms with Crippen molar-refractivity contribution in [2.75, 3.05) is 11.4 Å². The molecule has 5 N–H and O–H groups in total. The highest BCUT2D eigenvalue weighted by Gasteiger charge is 2.25. The first-order valence-electron chi connectivity index (χ1n) is 14.4. The summed E-state index contributed by atoms with van der Waals surface area (Å²) in [4.78, 5) is 70.2. The van der Waals surface area contributed by atoms with E-state index in [4.69, 9.17) is 6.42 Å². The van der Waals surface area contributed by atoms with Gasteiger partial charge < -0.3 is 30.7 Å². The predicted octanol–water partition coefficient (Wildman–Crippen LogP) is 2.65. The normalized spacial score (nSPS) is 12.0. The Morgan fingerprint density at radius 2 is 1.63 bits per heavy atom. The Morgan fingerprint density at radius 1 is 0.935 bits per heavy atom. The van der Waals surface area contributed by atoms with E-state index in [2.05, 4.69) is 26.5 Å². The summed E-state index contributed by atoms with van der Waals surface area (Å²) in [7, 11) is 0. The Morgan fingerprint density at radius 3 is 2.28 bits per heavy atom. The van der Waals surface area contributed by atoms with E-state index in [0.29, 0.717) is 29.0 Å². The Bertz CT molecular complexity index is 1830. The third-order valence-electron chi connectivity index (χ3n) is 7.22. The van der Waals surface area contributed by atoms with Crippen LogP contribution in [0.1, 0.15) is 40.2 Å². The number of H-pyrrole nitrogens is 1. The molecule has 0 aliphatic heterocycles. The summed E-state index contributed by atoms with van der Waals surface area (Å²) in [6.45, 7) is 2.32. The second kappa shape index (κ2) is 15.2. The molecule has 1 heterocycles. The van der Waals surface area contributed by atoms with E-state index < -0.39 is 35.8 Å². The number of carboxylic acids is 2. The van der Waals surface area contributed by atoms with Crippen LogP contribution in [0.25, 0.3) is 10.9 Å². The molecule has 12 nitrogen and oxygen atoms in total. The average Bonchev–Trinajstić information content (AvgIpc) is 3.03. The molecule has 236 valence electrons. The first-order chi connectivity index (χ1) is 22.0. The Hall–Kier alpha value is -5.96. The van der Waals surface area contributed by atoms with Gasteiger partial charge in [0.15, 0.2) is 0 Å². The molecular weight excluding hydrogens is 590 g/mol. The van der Waals surface area contributed by atoms with Gasteiger partial charge in [0.2, 0.25) is 5.91 Å². The fraction of sp³-hybridized carbons (Fsp3) is 0.235. The minimum Gasteiger partial charge on any atom is -0.480 e. The molecule has 4 aromatic rings. The predicted molar refractivity (Wildman–Crippen MR) is 171 cm³/mol. The Labute approximate surface area is 264 Å². The van der Waals surface area contributed by atoms with Crippen LogP contribution >= 0.6 is 0 Å². The van der Waals surface area contributed by atoms with Crippen LogP contribution in [0, 0.1) is 19.3 Å². The highest BCUT2D eigenvalue weighted by Crippen LogP contribution is 2.20. The number of hydrogen-bond donors (Lipinski definition) is 5. The number of rotatable bonds is 14. The lowest BCUT2D eigenvalue weighted by Gasteiger charge is -2.23. The molecule has 0 radical (unpaired) electrons. The van der Waals surface area contributed by atoms with Crippen molar-refractivity contribution in [2.24, 2.45) is 0 Å². The van der Waals surface area contributed by atoms with Crippen LogP contribution in [0.5, 0.6) is 0 Å². The number of benzene rings is 3. The van der Waals surface area contributed by atoms with Gasteiger partial charge in [-0.05, 0) is 60.9 Å². The fourth-order valence-electron chi connectivity index (χ4n) is 4.88. The molecule has 4 rings (SSSR count). The maximum Gasteiger partial charge on any atom is 0.326 e. The number of amides is 2. The fourth-order valence-corrected chi connectivity index (χ4v) is 4.88. The second-order valence-electron chi connectivity index (χ2n) is 10.7. The quantitative estimate of drug-likeness (QED) is 0.132. The Kier molecular flexibility index (Phi) is 10.9. The van der Waals surface area contributed by atoms with Gasteiger partial charge in [-0.15, -0.1) is 6.42 Å². The third kappa shape index (κ3) is 8.79. The van der Waals surface area contributed by atoms with E-state index in [9.17, 15) is 34.2 Å². The number of carbonyl (C=O) groups is 4. The molecule has 0 aliphatic rings. The molecule has 0 saturated heterocycles. The number of aliphatic carboxylic acids is 2. The smallest absolute Gasteiger partial charge is 0.326 e. The van der Waals surface area contributed by atoms with Crippen molar-refractivity contribution in [3.05, 3.63) is 106 Å². The summed E-state index contributed by atoms with van der Waals surface area (Å²) in [5.74, 6) is -0.736. The van der Waals surface area contributed by atoms with Gasteiger partial charge in [-0.25, -0.2) is 14.6 Å². The zero-order valence-corrected chi connectivity index (χ0v) is 25.0. The first-order valence-corrected chi connectivity index (χ1v) is 14.4. The number of nitrogens with one attached hydrogen (secondary N) is 3. The molecule has 2 amide bonds. The van der Waals surface area contributed by atoms with Crippen LogP contribution in [0.3, 0.4) is 0 Å². The minimum absolute atomic E-state index is 0.0645. The highest BCUT2D eigenvalue weighted by atomic mass is 16.4. The molecule has 0 saturated carbocycles. The highest BCUT2D eigenvalue weighted by molar-refractivity contribution is 5.97. The average molecular weight is 624 g/mol. The van der Waals surface area contributed by atoms with Gasteiger partial charge in [0.05, 0.1) is 17.4 Å². The molecule has 2 atom stereocenters. The zero-order valence-electron chi connectivity index (χ0n) is 25.0. The summed E-state index contributed by atoms with van der Waals surface area (Å²) < 4.78 is 0. The van der Waals surface area contributed by atoms with Crippen molar-refractivity contribution in [3.8, 4) is 12.3 Å². The van der Waals surface area contributed by atoms with Crippen LogP contribution in [0.4, 0.5) is 5.69 Å². The molecular formula is C34H33N5O7. The lowest BCUT2D eigenvalue weighted by Crippen LogP contribution is -2.44. The van der Waals surface area contributed by atoms with E-state index in [1.165, 1.54) is 12.1 Å². The molecule has 0 fully saturated rings. The summed E-state index contributed by atoms with van der Waals surface area (Å²) in [5, 5.41) is 24.5. The number of anilines is 1. The molecule has 12 heteroatoms. The maximum atomic E-state index is 12.9. The van der Waals surface area contributed by atoms with Crippen molar-refractivity contribution in [1.29, 1.82) is 0 Å². The van der Waals surface area contributed by atoms with Gasteiger partial charge in [0.1, 0.15) is 17.9 Å². The van der Waals surface area contributed by atoms with E-state index in [1.807, 2.05) is 11.0 Å². The molecule has 46 heavy (non-hydrogen) atoms. The number of aromatic nitrogens is 2. The van der Waals surface area contributed by atoms with Crippen molar-refractivity contribution in [3.63, 3.8) is 0 Å². The van der Waals surface area contributed by atoms with Gasteiger partial charge in [-0.2, -0.15) is 0 Å². The van der Waals surface area contributed by atoms with E-state index in [1.54, 1.807) is 61.5 Å². The van der Waals surface area contributed by atoms with Crippen molar-refractivity contribution >= 4 is 40.3 Å². The van der Waals surface area contributed by atoms with Crippen LogP contribution in [0.2, 0.25) is 0 Å². The standard InChI is InChI=1S/C34H33N5O7/c1-3-17-39(20-23-9-14-27-26(18-23)32(42)36-21(2)35-27)25-12-10-24(11-13-25)31(41)38-28(33(43)44)15-16-30(40)37-29(34(45)46)19-22-7-5-4-6-8-22/h1,4-14,18,28-29H,15-17,19-20H2,2H3,(H,37,40)(H,38,41)(H,43,44)(H,45,46)(H,35,36,42)/t28-,29-/m0/s1. The van der Waals surface area contributed by atoms with Crippen molar-refractivity contribution in [2.45, 2.75) is 44.8 Å². The third-order valence-corrected chi connectivity index (χ3v) is 7.22. The van der Waals surface area contributed by atoms with E-state index >= 15 is 0 Å². The topological polar surface area (TPSA) is 182 Å². The largest absolute Gasteiger partial charge is 0.480 e. The number of carboxylic acid groups (broad SMARTS) is 2. The summed E-state index contributed by atoms with van der Waals surface area (Å²) in [6, 6.07) is 18.0. The summed E-state index contributed by atoms with van der Waals surface area (Å²) >= 11 is 0. The molecule has 0 bridgehead atoms. The SMILES string of the molecule is C#CCN(Cc1ccc2nc(C)[nH]c(=O)c2c1)c1ccc(C(=O)N[C@@H](CCC(=O)N[C@@H](Cc2ccccc2)C(=O)O)C(=O)O)cc1. The van der Waals surface area contributed by atoms with Gasteiger partial charge in [0, 0.05) is 30.6 Å². The van der Waals surface area contributed by atoms with Gasteiger partial charge >= 0.3 is 11.9 Å². The lowest BCUT2D eigenvalue weighted by atomic mass is 10.1. The number of aryl methyl sites for hydroxylation is 1. The zero-order chi connectivity index (χ0) is 33.2. The number of hydrogen-bond acceptors (Lipinski definition) is 7. The molecule has 0 aliphatic carbocycles. The molecule has 0 unspecified atom stereocenters. The minimum atomic E-state index is -1.39. The number of nitrogens with zero attached hydrogens (tertiary/aromatic N) is 2. The van der Waals surface area contributed by atoms with Gasteiger partial charge in [-0.1, -0.05) is 42.3 Å². The molecule has 3 aromatic carbocycles. The second-order valence-corrected chi connectivity index (χ2v) is 10.7. The van der Waals surface area contributed by atoms with Crippen LogP contribution in [-0.4, -0.2) is 62.6 Å². The van der Waals surface area contributed by atoms with Gasteiger partial charge in [0.25, 0.3) is 11.5 Å². The number of fused-ring (bicyclic) bond motifs is 1. The Balaban J connectivity index is 1.37. The molecule has 0 spiro atoms. The first kappa shape index (κ1) is 32.9.